The third kappa shape index (κ3) is 32.2. The number of amides is 2. The van der Waals surface area contributed by atoms with Crippen LogP contribution in [0.25, 0.3) is 0 Å². The van der Waals surface area contributed by atoms with Gasteiger partial charge < -0.3 is 10.6 Å². The zero-order valence-electron chi connectivity index (χ0n) is 28.7. The summed E-state index contributed by atoms with van der Waals surface area (Å²) in [6, 6.07) is -1.17. The zero-order valence-corrected chi connectivity index (χ0v) is 29.5. The Hall–Kier alpha value is -1.19. The fourth-order valence-corrected chi connectivity index (χ4v) is 5.87. The molecule has 0 bridgehead atoms. The minimum absolute atomic E-state index is 0.270. The molecule has 0 radical (unpaired) electrons. The summed E-state index contributed by atoms with van der Waals surface area (Å²) in [5.74, 6) is -0.814. The fraction of sp³-hybridized carbons (Fsp3) is 0.943. The van der Waals surface area contributed by atoms with Gasteiger partial charge in [0.25, 0.3) is 0 Å². The van der Waals surface area contributed by atoms with Gasteiger partial charge in [-0.25, -0.2) is 4.18 Å². The Morgan fingerprint density at radius 2 is 0.909 bits per heavy atom. The van der Waals surface area contributed by atoms with Crippen LogP contribution in [0.2, 0.25) is 0 Å². The molecule has 0 rings (SSSR count). The van der Waals surface area contributed by atoms with E-state index in [1.807, 2.05) is 0 Å². The molecule has 0 heterocycles. The van der Waals surface area contributed by atoms with Gasteiger partial charge in [-0.3, -0.25) is 14.1 Å². The molecule has 0 aliphatic carbocycles. The van der Waals surface area contributed by atoms with Gasteiger partial charge in [-0.15, -0.1) is 0 Å². The summed E-state index contributed by atoms with van der Waals surface area (Å²) in [5.41, 5.74) is 0. The van der Waals surface area contributed by atoms with Gasteiger partial charge in [-0.05, 0) is 12.8 Å². The molecule has 0 spiro atoms. The summed E-state index contributed by atoms with van der Waals surface area (Å²) in [6.07, 6.45) is 33.6. The molecule has 9 heteroatoms. The molecule has 2 amide bonds. The van der Waals surface area contributed by atoms with Crippen molar-refractivity contribution >= 4 is 22.2 Å². The standard InChI is InChI=1S/C35H70N2O6S/c1-3-5-7-9-11-13-15-17-18-19-20-22-24-26-28-30-34(38)37-33(32-43-44(40,41)42)35(39)36-31-29-27-25-23-21-16-14-12-10-8-6-4-2/h33H,3-32H2,1-2H3,(H,36,39)(H,37,38)(H,40,41,42)/t33-/m0/s1. The molecule has 8 nitrogen and oxygen atoms in total. The molecule has 0 saturated carbocycles. The second-order valence-corrected chi connectivity index (χ2v) is 13.8. The second-order valence-electron chi connectivity index (χ2n) is 12.7. The maximum Gasteiger partial charge on any atom is 0.397 e. The first-order chi connectivity index (χ1) is 21.3. The Morgan fingerprint density at radius 1 is 0.568 bits per heavy atom. The highest BCUT2D eigenvalue weighted by Gasteiger charge is 2.23. The maximum atomic E-state index is 12.6. The van der Waals surface area contributed by atoms with Crippen molar-refractivity contribution in [2.75, 3.05) is 13.2 Å². The fourth-order valence-electron chi connectivity index (χ4n) is 5.56. The predicted molar refractivity (Wildman–Crippen MR) is 183 cm³/mol. The molecule has 262 valence electrons. The van der Waals surface area contributed by atoms with Crippen LogP contribution in [-0.4, -0.2) is 44.0 Å². The smallest absolute Gasteiger partial charge is 0.354 e. The van der Waals surface area contributed by atoms with Crippen LogP contribution in [0.1, 0.15) is 194 Å². The van der Waals surface area contributed by atoms with Gasteiger partial charge in [-0.1, -0.05) is 174 Å². The summed E-state index contributed by atoms with van der Waals surface area (Å²) in [6.45, 7) is 4.31. The third-order valence-corrected chi connectivity index (χ3v) is 8.81. The lowest BCUT2D eigenvalue weighted by Crippen LogP contribution is -2.49. The molecule has 0 saturated heterocycles. The highest BCUT2D eigenvalue weighted by molar-refractivity contribution is 7.80. The molecule has 0 unspecified atom stereocenters. The van der Waals surface area contributed by atoms with Gasteiger partial charge in [0, 0.05) is 13.0 Å². The Labute approximate surface area is 272 Å². The van der Waals surface area contributed by atoms with Crippen LogP contribution in [0.15, 0.2) is 0 Å². The number of nitrogens with one attached hydrogen (secondary N) is 2. The van der Waals surface area contributed by atoms with Crippen molar-refractivity contribution in [1.82, 2.24) is 10.6 Å². The average Bonchev–Trinajstić information content (AvgIpc) is 2.99. The monoisotopic (exact) mass is 646 g/mol. The van der Waals surface area contributed by atoms with Gasteiger partial charge in [-0.2, -0.15) is 8.42 Å². The van der Waals surface area contributed by atoms with Crippen LogP contribution in [0, 0.1) is 0 Å². The Kier molecular flexibility index (Phi) is 30.9. The lowest BCUT2D eigenvalue weighted by molar-refractivity contribution is -0.129. The first kappa shape index (κ1) is 42.8. The molecular formula is C35H70N2O6S. The van der Waals surface area contributed by atoms with Gasteiger partial charge in [0.2, 0.25) is 11.8 Å². The van der Waals surface area contributed by atoms with E-state index in [9.17, 15) is 18.0 Å². The highest BCUT2D eigenvalue weighted by Crippen LogP contribution is 2.14. The lowest BCUT2D eigenvalue weighted by Gasteiger charge is -2.18. The minimum atomic E-state index is -4.71. The van der Waals surface area contributed by atoms with Crippen molar-refractivity contribution in [2.24, 2.45) is 0 Å². The highest BCUT2D eigenvalue weighted by atomic mass is 32.3. The van der Waals surface area contributed by atoms with Crippen molar-refractivity contribution in [3.63, 3.8) is 0 Å². The number of hydrogen-bond acceptors (Lipinski definition) is 5. The van der Waals surface area contributed by atoms with Crippen molar-refractivity contribution in [1.29, 1.82) is 0 Å². The first-order valence-corrected chi connectivity index (χ1v) is 19.9. The number of rotatable bonds is 34. The van der Waals surface area contributed by atoms with E-state index in [1.165, 1.54) is 135 Å². The third-order valence-electron chi connectivity index (χ3n) is 8.37. The van der Waals surface area contributed by atoms with E-state index in [0.29, 0.717) is 6.54 Å². The summed E-state index contributed by atoms with van der Waals surface area (Å²) in [5, 5.41) is 5.36. The summed E-state index contributed by atoms with van der Waals surface area (Å²) < 4.78 is 35.4. The predicted octanol–water partition coefficient (Wildman–Crippen LogP) is 9.37. The van der Waals surface area contributed by atoms with Gasteiger partial charge in [0.15, 0.2) is 0 Å². The van der Waals surface area contributed by atoms with Gasteiger partial charge in [0.1, 0.15) is 6.04 Å². The van der Waals surface area contributed by atoms with Crippen LogP contribution in [0.3, 0.4) is 0 Å². The summed E-state index contributed by atoms with van der Waals surface area (Å²) in [4.78, 5) is 25.1. The molecular weight excluding hydrogens is 576 g/mol. The number of carbonyl (C=O) groups is 2. The zero-order chi connectivity index (χ0) is 32.6. The van der Waals surface area contributed by atoms with E-state index in [2.05, 4.69) is 28.7 Å². The molecule has 0 aromatic heterocycles. The molecule has 0 aliphatic heterocycles. The van der Waals surface area contributed by atoms with E-state index in [-0.39, 0.29) is 12.3 Å². The van der Waals surface area contributed by atoms with Crippen molar-refractivity contribution in [2.45, 2.75) is 200 Å². The molecule has 44 heavy (non-hydrogen) atoms. The topological polar surface area (TPSA) is 122 Å². The molecule has 0 aromatic carbocycles. The van der Waals surface area contributed by atoms with E-state index >= 15 is 0 Å². The summed E-state index contributed by atoms with van der Waals surface area (Å²) in [7, 11) is -4.71. The number of carbonyl (C=O) groups excluding carboxylic acids is 2. The van der Waals surface area contributed by atoms with E-state index < -0.39 is 29.0 Å². The first-order valence-electron chi connectivity index (χ1n) is 18.5. The normalized spacial score (nSPS) is 12.3. The molecule has 3 N–H and O–H groups in total. The average molecular weight is 647 g/mol. The van der Waals surface area contributed by atoms with Crippen LogP contribution in [0.4, 0.5) is 0 Å². The molecule has 1 atom stereocenters. The van der Waals surface area contributed by atoms with Gasteiger partial charge >= 0.3 is 10.4 Å². The van der Waals surface area contributed by atoms with E-state index in [1.54, 1.807) is 0 Å². The van der Waals surface area contributed by atoms with Crippen LogP contribution in [0.5, 0.6) is 0 Å². The van der Waals surface area contributed by atoms with Crippen LogP contribution in [-0.2, 0) is 24.2 Å². The van der Waals surface area contributed by atoms with Crippen LogP contribution >= 0.6 is 0 Å². The van der Waals surface area contributed by atoms with Gasteiger partial charge in [0.05, 0.1) is 6.61 Å². The van der Waals surface area contributed by atoms with E-state index in [4.69, 9.17) is 4.55 Å². The van der Waals surface area contributed by atoms with E-state index in [0.717, 1.165) is 38.5 Å². The minimum Gasteiger partial charge on any atom is -0.354 e. The van der Waals surface area contributed by atoms with Crippen molar-refractivity contribution < 1.29 is 26.7 Å². The SMILES string of the molecule is CCCCCCCCCCCCCCCCCC(=O)N[C@@H](COS(=O)(=O)O)C(=O)NCCCCCCCCCCCCCC. The Balaban J connectivity index is 3.95. The van der Waals surface area contributed by atoms with Crippen LogP contribution < -0.4 is 10.6 Å². The maximum absolute atomic E-state index is 12.6. The molecule has 0 aliphatic rings. The molecule has 0 fully saturated rings. The second kappa shape index (κ2) is 31.8. The molecule has 0 aromatic rings. The van der Waals surface area contributed by atoms with Crippen molar-refractivity contribution in [3.05, 3.63) is 0 Å². The largest absolute Gasteiger partial charge is 0.397 e. The summed E-state index contributed by atoms with van der Waals surface area (Å²) >= 11 is 0. The Bertz CT molecular complexity index is 762. The quantitative estimate of drug-likeness (QED) is 0.0473. The lowest BCUT2D eigenvalue weighted by atomic mass is 10.0. The number of unbranched alkanes of at least 4 members (excludes halogenated alkanes) is 25. The van der Waals surface area contributed by atoms with Crippen molar-refractivity contribution in [3.8, 4) is 0 Å². The number of hydrogen-bond donors (Lipinski definition) is 3. The Morgan fingerprint density at radius 3 is 1.27 bits per heavy atom.